The molecule has 1 aromatic heterocycles. The summed E-state index contributed by atoms with van der Waals surface area (Å²) in [6.45, 7) is 2.64. The summed E-state index contributed by atoms with van der Waals surface area (Å²) in [4.78, 5) is 14.8. The maximum atomic E-state index is 13.9. The SMILES string of the molecule is O=C(C1CCOCC1)N1C[C@H]2CC(Nc3nnc(Cl)c(C4CC4)c3C(F)(F)F)C[C@H]2C1. The molecule has 3 heterocycles. The molecule has 1 unspecified atom stereocenters. The van der Waals surface area contributed by atoms with Crippen molar-refractivity contribution < 1.29 is 22.7 Å². The summed E-state index contributed by atoms with van der Waals surface area (Å²) in [6.07, 6.45) is -0.162. The first-order chi connectivity index (χ1) is 14.8. The lowest BCUT2D eigenvalue weighted by Crippen LogP contribution is -2.38. The zero-order chi connectivity index (χ0) is 21.8. The van der Waals surface area contributed by atoms with Crippen LogP contribution in [0, 0.1) is 17.8 Å². The van der Waals surface area contributed by atoms with Gasteiger partial charge in [-0.25, -0.2) is 0 Å². The van der Waals surface area contributed by atoms with Crippen LogP contribution < -0.4 is 5.32 Å². The Labute approximate surface area is 183 Å². The summed E-state index contributed by atoms with van der Waals surface area (Å²) < 4.78 is 47.0. The van der Waals surface area contributed by atoms with E-state index in [4.69, 9.17) is 16.3 Å². The Morgan fingerprint density at radius 2 is 1.71 bits per heavy atom. The maximum Gasteiger partial charge on any atom is 0.420 e. The minimum Gasteiger partial charge on any atom is -0.381 e. The number of likely N-dealkylation sites (tertiary alicyclic amines) is 1. The third-order valence-electron chi connectivity index (χ3n) is 7.21. The van der Waals surface area contributed by atoms with E-state index in [0.717, 1.165) is 25.7 Å². The molecule has 0 spiro atoms. The molecule has 170 valence electrons. The van der Waals surface area contributed by atoms with Crippen molar-refractivity contribution in [2.45, 2.75) is 56.7 Å². The highest BCUT2D eigenvalue weighted by Crippen LogP contribution is 2.50. The minimum absolute atomic E-state index is 0.0426. The van der Waals surface area contributed by atoms with Crippen LogP contribution in [0.15, 0.2) is 0 Å². The number of fused-ring (bicyclic) bond motifs is 1. The van der Waals surface area contributed by atoms with Gasteiger partial charge in [-0.1, -0.05) is 11.6 Å². The summed E-state index contributed by atoms with van der Waals surface area (Å²) in [7, 11) is 0. The van der Waals surface area contributed by atoms with Crippen molar-refractivity contribution in [2.24, 2.45) is 17.8 Å². The fourth-order valence-electron chi connectivity index (χ4n) is 5.55. The molecule has 0 radical (unpaired) electrons. The van der Waals surface area contributed by atoms with E-state index in [1.54, 1.807) is 0 Å². The zero-order valence-corrected chi connectivity index (χ0v) is 17.9. The predicted molar refractivity (Wildman–Crippen MR) is 108 cm³/mol. The second-order valence-corrected chi connectivity index (χ2v) is 9.72. The van der Waals surface area contributed by atoms with Crippen molar-refractivity contribution in [3.8, 4) is 0 Å². The maximum absolute atomic E-state index is 13.9. The highest BCUT2D eigenvalue weighted by atomic mass is 35.5. The molecule has 2 aliphatic carbocycles. The number of halogens is 4. The average Bonchev–Trinajstić information content (AvgIpc) is 3.39. The fraction of sp³-hybridized carbons (Fsp3) is 0.762. The Hall–Kier alpha value is -1.61. The van der Waals surface area contributed by atoms with E-state index in [-0.39, 0.29) is 40.3 Å². The van der Waals surface area contributed by atoms with Crippen molar-refractivity contribution in [1.29, 1.82) is 0 Å². The van der Waals surface area contributed by atoms with Crippen LogP contribution in [0.5, 0.6) is 0 Å². The lowest BCUT2D eigenvalue weighted by Gasteiger charge is -2.27. The van der Waals surface area contributed by atoms with Crippen LogP contribution in [-0.4, -0.2) is 53.3 Å². The van der Waals surface area contributed by atoms with E-state index in [2.05, 4.69) is 15.5 Å². The van der Waals surface area contributed by atoms with E-state index < -0.39 is 11.7 Å². The molecular weight excluding hydrogens is 433 g/mol. The van der Waals surface area contributed by atoms with Gasteiger partial charge in [-0.3, -0.25) is 4.79 Å². The van der Waals surface area contributed by atoms with Gasteiger partial charge in [0.25, 0.3) is 0 Å². The van der Waals surface area contributed by atoms with E-state index in [0.29, 0.717) is 51.0 Å². The quantitative estimate of drug-likeness (QED) is 0.735. The number of rotatable bonds is 4. The van der Waals surface area contributed by atoms with Crippen LogP contribution in [0.2, 0.25) is 5.15 Å². The summed E-state index contributed by atoms with van der Waals surface area (Å²) in [5.74, 6) is 0.463. The third-order valence-corrected chi connectivity index (χ3v) is 7.49. The average molecular weight is 459 g/mol. The topological polar surface area (TPSA) is 67.3 Å². The molecule has 5 rings (SSSR count). The largest absolute Gasteiger partial charge is 0.420 e. The van der Waals surface area contributed by atoms with Crippen molar-refractivity contribution in [3.05, 3.63) is 16.3 Å². The number of carbonyl (C=O) groups is 1. The summed E-state index contributed by atoms with van der Waals surface area (Å²) in [5.41, 5.74) is -0.679. The number of nitrogens with one attached hydrogen (secondary N) is 1. The van der Waals surface area contributed by atoms with E-state index >= 15 is 0 Å². The van der Waals surface area contributed by atoms with Crippen LogP contribution in [0.25, 0.3) is 0 Å². The highest BCUT2D eigenvalue weighted by molar-refractivity contribution is 6.30. The number of amides is 1. The number of alkyl halides is 3. The first kappa shape index (κ1) is 21.2. The van der Waals surface area contributed by atoms with Gasteiger partial charge in [-0.15, -0.1) is 10.2 Å². The number of hydrogen-bond acceptors (Lipinski definition) is 5. The van der Waals surface area contributed by atoms with Crippen molar-refractivity contribution >= 4 is 23.3 Å². The number of hydrogen-bond donors (Lipinski definition) is 1. The van der Waals surface area contributed by atoms with Gasteiger partial charge < -0.3 is 15.0 Å². The minimum atomic E-state index is -4.54. The van der Waals surface area contributed by atoms with E-state index in [9.17, 15) is 18.0 Å². The monoisotopic (exact) mass is 458 g/mol. The zero-order valence-electron chi connectivity index (χ0n) is 17.1. The van der Waals surface area contributed by atoms with Gasteiger partial charge in [-0.2, -0.15) is 13.2 Å². The summed E-state index contributed by atoms with van der Waals surface area (Å²) in [5, 5.41) is 10.5. The molecule has 4 fully saturated rings. The van der Waals surface area contributed by atoms with E-state index in [1.807, 2.05) is 4.90 Å². The Morgan fingerprint density at radius 1 is 1.06 bits per heavy atom. The van der Waals surface area contributed by atoms with Crippen molar-refractivity contribution in [1.82, 2.24) is 15.1 Å². The highest BCUT2D eigenvalue weighted by Gasteiger charge is 2.46. The molecule has 3 atom stereocenters. The first-order valence-corrected chi connectivity index (χ1v) is 11.5. The predicted octanol–water partition coefficient (Wildman–Crippen LogP) is 4.10. The van der Waals surface area contributed by atoms with Crippen molar-refractivity contribution in [2.75, 3.05) is 31.6 Å². The molecule has 1 amide bonds. The van der Waals surface area contributed by atoms with Gasteiger partial charge in [-0.05, 0) is 56.3 Å². The Kier molecular flexibility index (Phi) is 5.53. The molecule has 6 nitrogen and oxygen atoms in total. The van der Waals surface area contributed by atoms with Crippen LogP contribution >= 0.6 is 11.6 Å². The Balaban J connectivity index is 1.26. The molecule has 31 heavy (non-hydrogen) atoms. The number of nitrogens with zero attached hydrogens (tertiary/aromatic N) is 3. The smallest absolute Gasteiger partial charge is 0.381 e. The van der Waals surface area contributed by atoms with Crippen molar-refractivity contribution in [3.63, 3.8) is 0 Å². The summed E-state index contributed by atoms with van der Waals surface area (Å²) in [6, 6.07) is -0.112. The third kappa shape index (κ3) is 4.23. The lowest BCUT2D eigenvalue weighted by atomic mass is 9.98. The Bertz CT molecular complexity index is 844. The van der Waals surface area contributed by atoms with Crippen LogP contribution in [-0.2, 0) is 15.7 Å². The Morgan fingerprint density at radius 3 is 2.29 bits per heavy atom. The number of anilines is 1. The summed E-state index contributed by atoms with van der Waals surface area (Å²) >= 11 is 6.00. The number of aromatic nitrogens is 2. The fourth-order valence-corrected chi connectivity index (χ4v) is 5.84. The number of carbonyl (C=O) groups excluding carboxylic acids is 1. The van der Waals surface area contributed by atoms with Gasteiger partial charge in [0.05, 0.1) is 0 Å². The molecule has 1 aromatic rings. The normalized spacial score (nSPS) is 29.3. The van der Waals surface area contributed by atoms with Crippen LogP contribution in [0.4, 0.5) is 19.0 Å². The first-order valence-electron chi connectivity index (χ1n) is 11.1. The second kappa shape index (κ2) is 8.06. The molecule has 4 aliphatic rings. The lowest BCUT2D eigenvalue weighted by molar-refractivity contribution is -0.138. The molecular formula is C21H26ClF3N4O2. The molecule has 0 aromatic carbocycles. The van der Waals surface area contributed by atoms with Gasteiger partial charge in [0.2, 0.25) is 5.91 Å². The van der Waals surface area contributed by atoms with Gasteiger partial charge in [0.15, 0.2) is 11.0 Å². The number of ether oxygens (including phenoxy) is 1. The molecule has 0 bridgehead atoms. The van der Waals surface area contributed by atoms with Gasteiger partial charge >= 0.3 is 6.18 Å². The molecule has 1 N–H and O–H groups in total. The van der Waals surface area contributed by atoms with Crippen LogP contribution in [0.1, 0.15) is 55.6 Å². The molecule has 2 saturated carbocycles. The molecule has 2 saturated heterocycles. The van der Waals surface area contributed by atoms with E-state index in [1.165, 1.54) is 0 Å². The molecule has 2 aliphatic heterocycles. The van der Waals surface area contributed by atoms with Gasteiger partial charge in [0.1, 0.15) is 5.56 Å². The second-order valence-electron chi connectivity index (χ2n) is 9.36. The van der Waals surface area contributed by atoms with Crippen LogP contribution in [0.3, 0.4) is 0 Å². The van der Waals surface area contributed by atoms with Gasteiger partial charge in [0, 0.05) is 43.8 Å². The standard InChI is InChI=1S/C21H26ClF3N4O2/c22-18-16(11-1-2-11)17(21(23,24)25)19(28-27-18)26-15-7-13-9-29(10-14(13)8-15)20(30)12-3-5-31-6-4-12/h11-15H,1-10H2,(H,26,28)/t13-,14+,15?. The molecule has 10 heteroatoms.